The summed E-state index contributed by atoms with van der Waals surface area (Å²) in [6.45, 7) is 3.71. The third kappa shape index (κ3) is 2.83. The van der Waals surface area contributed by atoms with Crippen molar-refractivity contribution >= 4 is 5.91 Å². The Labute approximate surface area is 103 Å². The number of alkyl halides is 3. The summed E-state index contributed by atoms with van der Waals surface area (Å²) in [7, 11) is 0. The van der Waals surface area contributed by atoms with Gasteiger partial charge < -0.3 is 5.73 Å². The van der Waals surface area contributed by atoms with Gasteiger partial charge in [0, 0.05) is 11.3 Å². The molecular formula is C11H16F3N3O. The highest BCUT2D eigenvalue weighted by atomic mass is 19.4. The molecule has 1 amide bonds. The van der Waals surface area contributed by atoms with Crippen LogP contribution in [0, 0.1) is 0 Å². The zero-order valence-electron chi connectivity index (χ0n) is 10.3. The van der Waals surface area contributed by atoms with Crippen molar-refractivity contribution in [3.05, 3.63) is 17.0 Å². The third-order valence-corrected chi connectivity index (χ3v) is 2.58. The summed E-state index contributed by atoms with van der Waals surface area (Å²) >= 11 is 0. The predicted octanol–water partition coefficient (Wildman–Crippen LogP) is 1.90. The zero-order valence-corrected chi connectivity index (χ0v) is 10.3. The molecule has 0 aliphatic heterocycles. The number of carbonyl (C=O) groups is 1. The van der Waals surface area contributed by atoms with E-state index in [4.69, 9.17) is 5.73 Å². The van der Waals surface area contributed by atoms with Crippen molar-refractivity contribution in [3.63, 3.8) is 0 Å². The van der Waals surface area contributed by atoms with Crippen LogP contribution in [0.4, 0.5) is 13.2 Å². The molecule has 7 heteroatoms. The Hall–Kier alpha value is -1.53. The van der Waals surface area contributed by atoms with Gasteiger partial charge in [0.05, 0.1) is 0 Å². The number of carbonyl (C=O) groups excluding carboxylic acids is 1. The molecule has 0 unspecified atom stereocenters. The number of primary amides is 1. The van der Waals surface area contributed by atoms with Crippen LogP contribution in [-0.4, -0.2) is 15.7 Å². The molecule has 0 fully saturated rings. The summed E-state index contributed by atoms with van der Waals surface area (Å²) in [5.74, 6) is -0.689. The summed E-state index contributed by atoms with van der Waals surface area (Å²) in [6.07, 6.45) is -2.92. The van der Waals surface area contributed by atoms with Crippen LogP contribution in [0.3, 0.4) is 0 Å². The van der Waals surface area contributed by atoms with Gasteiger partial charge >= 0.3 is 6.18 Å². The molecule has 1 aromatic heterocycles. The normalized spacial score (nSPS) is 13.8. The lowest BCUT2D eigenvalue weighted by molar-refractivity contribution is -0.142. The van der Waals surface area contributed by atoms with E-state index in [1.165, 1.54) is 0 Å². The maximum absolute atomic E-state index is 12.6. The number of halogens is 3. The van der Waals surface area contributed by atoms with E-state index in [0.29, 0.717) is 25.0 Å². The van der Waals surface area contributed by atoms with Crippen molar-refractivity contribution in [2.24, 2.45) is 5.73 Å². The van der Waals surface area contributed by atoms with Gasteiger partial charge in [-0.25, -0.2) is 0 Å². The van der Waals surface area contributed by atoms with Crippen molar-refractivity contribution in [2.75, 3.05) is 0 Å². The van der Waals surface area contributed by atoms with Crippen LogP contribution >= 0.6 is 0 Å². The Balaban J connectivity index is 0.000000771. The van der Waals surface area contributed by atoms with Crippen LogP contribution in [-0.2, 0) is 30.4 Å². The number of nitrogens with two attached hydrogens (primary N) is 1. The monoisotopic (exact) mass is 263 g/mol. The second-order valence-electron chi connectivity index (χ2n) is 3.75. The standard InChI is InChI=1S/C9H10F3N3O.C2H6/c10-9(11,12)8-5-2-1-3-6(5)15(14-8)4-7(13)16;1-2/h1-4H2,(H2,13,16);1-2H3. The van der Waals surface area contributed by atoms with Crippen LogP contribution < -0.4 is 5.73 Å². The van der Waals surface area contributed by atoms with Gasteiger partial charge in [0.25, 0.3) is 0 Å². The molecule has 0 bridgehead atoms. The van der Waals surface area contributed by atoms with Gasteiger partial charge in [-0.2, -0.15) is 18.3 Å². The minimum atomic E-state index is -4.46. The lowest BCUT2D eigenvalue weighted by Gasteiger charge is -2.04. The summed E-state index contributed by atoms with van der Waals surface area (Å²) in [6, 6.07) is 0. The molecule has 18 heavy (non-hydrogen) atoms. The van der Waals surface area contributed by atoms with Crippen LogP contribution in [0.15, 0.2) is 0 Å². The largest absolute Gasteiger partial charge is 0.435 e. The number of nitrogens with zero attached hydrogens (tertiary/aromatic N) is 2. The Morgan fingerprint density at radius 3 is 2.50 bits per heavy atom. The minimum Gasteiger partial charge on any atom is -0.368 e. The molecule has 1 heterocycles. The van der Waals surface area contributed by atoms with E-state index in [9.17, 15) is 18.0 Å². The minimum absolute atomic E-state index is 0.216. The van der Waals surface area contributed by atoms with E-state index in [2.05, 4.69) is 5.10 Å². The lowest BCUT2D eigenvalue weighted by Crippen LogP contribution is -2.21. The maximum atomic E-state index is 12.6. The van der Waals surface area contributed by atoms with Crippen molar-refractivity contribution in [2.45, 2.75) is 45.8 Å². The van der Waals surface area contributed by atoms with E-state index in [1.807, 2.05) is 13.8 Å². The molecule has 2 rings (SSSR count). The highest BCUT2D eigenvalue weighted by Crippen LogP contribution is 2.36. The average molecular weight is 263 g/mol. The first kappa shape index (κ1) is 14.5. The Morgan fingerprint density at radius 2 is 2.00 bits per heavy atom. The first-order valence-electron chi connectivity index (χ1n) is 5.83. The molecule has 0 aromatic carbocycles. The topological polar surface area (TPSA) is 60.9 Å². The number of amides is 1. The fourth-order valence-electron chi connectivity index (χ4n) is 2.02. The highest BCUT2D eigenvalue weighted by molar-refractivity contribution is 5.73. The summed E-state index contributed by atoms with van der Waals surface area (Å²) in [4.78, 5) is 10.7. The smallest absolute Gasteiger partial charge is 0.368 e. The van der Waals surface area contributed by atoms with Crippen molar-refractivity contribution in [3.8, 4) is 0 Å². The molecule has 0 spiro atoms. The molecular weight excluding hydrogens is 247 g/mol. The predicted molar refractivity (Wildman–Crippen MR) is 59.8 cm³/mol. The molecule has 1 aliphatic carbocycles. The van der Waals surface area contributed by atoms with Gasteiger partial charge in [0.2, 0.25) is 5.91 Å². The van der Waals surface area contributed by atoms with E-state index in [-0.39, 0.29) is 12.1 Å². The molecule has 0 atom stereocenters. The molecule has 0 saturated carbocycles. The number of aromatic nitrogens is 2. The lowest BCUT2D eigenvalue weighted by atomic mass is 10.2. The molecule has 0 saturated heterocycles. The van der Waals surface area contributed by atoms with Gasteiger partial charge in [-0.1, -0.05) is 13.8 Å². The second kappa shape index (κ2) is 5.41. The highest BCUT2D eigenvalue weighted by Gasteiger charge is 2.40. The fraction of sp³-hybridized carbons (Fsp3) is 0.636. The van der Waals surface area contributed by atoms with E-state index < -0.39 is 17.8 Å². The quantitative estimate of drug-likeness (QED) is 0.885. The number of fused-ring (bicyclic) bond motifs is 1. The summed E-state index contributed by atoms with van der Waals surface area (Å²) < 4.78 is 38.9. The second-order valence-corrected chi connectivity index (χ2v) is 3.75. The number of rotatable bonds is 2. The van der Waals surface area contributed by atoms with Gasteiger partial charge in [0.15, 0.2) is 5.69 Å². The van der Waals surface area contributed by atoms with Crippen LogP contribution in [0.1, 0.15) is 37.2 Å². The van der Waals surface area contributed by atoms with Crippen molar-refractivity contribution < 1.29 is 18.0 Å². The molecule has 4 nitrogen and oxygen atoms in total. The Kier molecular flexibility index (Phi) is 4.37. The van der Waals surface area contributed by atoms with Crippen molar-refractivity contribution in [1.29, 1.82) is 0 Å². The third-order valence-electron chi connectivity index (χ3n) is 2.58. The molecule has 2 N–H and O–H groups in total. The zero-order chi connectivity index (χ0) is 13.9. The SMILES string of the molecule is CC.NC(=O)Cn1nc(C(F)(F)F)c2c1CCC2. The summed E-state index contributed by atoms with van der Waals surface area (Å²) in [5, 5.41) is 3.43. The van der Waals surface area contributed by atoms with Gasteiger partial charge in [-0.05, 0) is 19.3 Å². The average Bonchev–Trinajstić information content (AvgIpc) is 2.82. The number of hydrogen-bond donors (Lipinski definition) is 1. The van der Waals surface area contributed by atoms with Crippen LogP contribution in [0.25, 0.3) is 0 Å². The van der Waals surface area contributed by atoms with Gasteiger partial charge in [-0.15, -0.1) is 0 Å². The van der Waals surface area contributed by atoms with Crippen LogP contribution in [0.2, 0.25) is 0 Å². The van der Waals surface area contributed by atoms with E-state index in [1.54, 1.807) is 0 Å². The number of hydrogen-bond acceptors (Lipinski definition) is 2. The first-order chi connectivity index (χ1) is 8.39. The molecule has 102 valence electrons. The Morgan fingerprint density at radius 1 is 1.39 bits per heavy atom. The fourth-order valence-corrected chi connectivity index (χ4v) is 2.02. The Bertz CT molecular complexity index is 437. The van der Waals surface area contributed by atoms with Crippen LogP contribution in [0.5, 0.6) is 0 Å². The maximum Gasteiger partial charge on any atom is 0.435 e. The van der Waals surface area contributed by atoms with Gasteiger partial charge in [-0.3, -0.25) is 9.48 Å². The van der Waals surface area contributed by atoms with E-state index in [0.717, 1.165) is 4.68 Å². The van der Waals surface area contributed by atoms with Crippen molar-refractivity contribution in [1.82, 2.24) is 9.78 Å². The van der Waals surface area contributed by atoms with E-state index >= 15 is 0 Å². The first-order valence-corrected chi connectivity index (χ1v) is 5.83. The molecule has 1 aromatic rings. The van der Waals surface area contributed by atoms with Gasteiger partial charge in [0.1, 0.15) is 6.54 Å². The molecule has 1 aliphatic rings. The summed E-state index contributed by atoms with van der Waals surface area (Å²) in [5.41, 5.74) is 4.79. The molecule has 0 radical (unpaired) electrons.